The monoisotopic (exact) mass is 331 g/mol. The van der Waals surface area contributed by atoms with E-state index in [0.717, 1.165) is 10.8 Å². The van der Waals surface area contributed by atoms with Gasteiger partial charge in [-0.2, -0.15) is 0 Å². The first kappa shape index (κ1) is 14.8. The molecule has 0 saturated carbocycles. The lowest BCUT2D eigenvalue weighted by atomic mass is 9.95. The molecule has 0 radical (unpaired) electrons. The molecular weight excluding hydrogens is 314 g/mol. The van der Waals surface area contributed by atoms with Gasteiger partial charge < -0.3 is 4.90 Å². The number of hydrogen-bond donors (Lipinski definition) is 0. The largest absolute Gasteiger partial charge is 0.369 e. The zero-order valence-electron chi connectivity index (χ0n) is 13.6. The van der Waals surface area contributed by atoms with Gasteiger partial charge in [-0.1, -0.05) is 48.5 Å². The van der Waals surface area contributed by atoms with E-state index in [1.54, 1.807) is 17.7 Å². The minimum absolute atomic E-state index is 0.774. The van der Waals surface area contributed by atoms with Gasteiger partial charge in [-0.3, -0.25) is 0 Å². The van der Waals surface area contributed by atoms with Crippen molar-refractivity contribution in [2.24, 2.45) is 4.99 Å². The van der Waals surface area contributed by atoms with Crippen LogP contribution in [0, 0.1) is 0 Å². The molecule has 0 aliphatic carbocycles. The molecule has 1 heterocycles. The SMILES string of the molecule is CN(C)/C=N/c1nc(-c2c3ccccc3cc3ccccc23)cs1. The van der Waals surface area contributed by atoms with E-state index in [9.17, 15) is 0 Å². The predicted octanol–water partition coefficient (Wildman–Crippen LogP) is 5.34. The highest BCUT2D eigenvalue weighted by atomic mass is 32.1. The Morgan fingerprint density at radius 1 is 0.958 bits per heavy atom. The molecule has 3 nitrogen and oxygen atoms in total. The highest BCUT2D eigenvalue weighted by Gasteiger charge is 2.12. The third-order valence-electron chi connectivity index (χ3n) is 3.92. The summed E-state index contributed by atoms with van der Waals surface area (Å²) >= 11 is 1.57. The molecular formula is C20H17N3S. The lowest BCUT2D eigenvalue weighted by Crippen LogP contribution is -2.06. The van der Waals surface area contributed by atoms with Gasteiger partial charge >= 0.3 is 0 Å². The second kappa shape index (κ2) is 6.06. The molecule has 0 N–H and O–H groups in total. The van der Waals surface area contributed by atoms with Crippen LogP contribution in [0.5, 0.6) is 0 Å². The van der Waals surface area contributed by atoms with Crippen molar-refractivity contribution in [1.29, 1.82) is 0 Å². The van der Waals surface area contributed by atoms with Gasteiger partial charge in [-0.05, 0) is 27.6 Å². The van der Waals surface area contributed by atoms with Crippen molar-refractivity contribution < 1.29 is 0 Å². The van der Waals surface area contributed by atoms with Crippen LogP contribution in [-0.2, 0) is 0 Å². The highest BCUT2D eigenvalue weighted by Crippen LogP contribution is 2.37. The predicted molar refractivity (Wildman–Crippen MR) is 104 cm³/mol. The molecule has 4 aromatic rings. The molecule has 0 amide bonds. The third-order valence-corrected chi connectivity index (χ3v) is 4.67. The molecule has 0 aliphatic heterocycles. The molecule has 0 unspecified atom stereocenters. The molecule has 118 valence electrons. The van der Waals surface area contributed by atoms with Gasteiger partial charge in [-0.25, -0.2) is 9.98 Å². The summed E-state index contributed by atoms with van der Waals surface area (Å²) in [6.07, 6.45) is 1.78. The Morgan fingerprint density at radius 2 is 1.58 bits per heavy atom. The maximum Gasteiger partial charge on any atom is 0.211 e. The molecule has 0 fully saturated rings. The maximum absolute atomic E-state index is 4.75. The lowest BCUT2D eigenvalue weighted by molar-refractivity contribution is 0.643. The summed E-state index contributed by atoms with van der Waals surface area (Å²) in [6, 6.07) is 19.2. The second-order valence-electron chi connectivity index (χ2n) is 5.92. The summed E-state index contributed by atoms with van der Waals surface area (Å²) in [7, 11) is 3.91. The fourth-order valence-corrected chi connectivity index (χ4v) is 3.54. The summed E-state index contributed by atoms with van der Waals surface area (Å²) in [5.41, 5.74) is 2.17. The van der Waals surface area contributed by atoms with E-state index in [1.165, 1.54) is 27.1 Å². The Morgan fingerprint density at radius 3 is 2.21 bits per heavy atom. The molecule has 24 heavy (non-hydrogen) atoms. The van der Waals surface area contributed by atoms with Gasteiger partial charge in [0, 0.05) is 25.0 Å². The van der Waals surface area contributed by atoms with Crippen LogP contribution in [0.4, 0.5) is 5.13 Å². The molecule has 4 heteroatoms. The van der Waals surface area contributed by atoms with Gasteiger partial charge in [0.1, 0.15) is 0 Å². The number of hydrogen-bond acceptors (Lipinski definition) is 3. The Hall–Kier alpha value is -2.72. The summed E-state index contributed by atoms with van der Waals surface area (Å²) in [6.45, 7) is 0. The smallest absolute Gasteiger partial charge is 0.211 e. The van der Waals surface area contributed by atoms with Gasteiger partial charge in [0.15, 0.2) is 0 Å². The zero-order chi connectivity index (χ0) is 16.5. The fourth-order valence-electron chi connectivity index (χ4n) is 2.89. The van der Waals surface area contributed by atoms with Crippen LogP contribution in [0.25, 0.3) is 32.8 Å². The van der Waals surface area contributed by atoms with Crippen molar-refractivity contribution in [3.05, 3.63) is 60.0 Å². The van der Waals surface area contributed by atoms with Crippen molar-refractivity contribution in [1.82, 2.24) is 9.88 Å². The van der Waals surface area contributed by atoms with E-state index in [2.05, 4.69) is 65.0 Å². The zero-order valence-corrected chi connectivity index (χ0v) is 14.4. The summed E-state index contributed by atoms with van der Waals surface area (Å²) in [4.78, 5) is 11.1. The maximum atomic E-state index is 4.75. The molecule has 0 bridgehead atoms. The third kappa shape index (κ3) is 2.65. The average Bonchev–Trinajstić information content (AvgIpc) is 3.06. The highest BCUT2D eigenvalue weighted by molar-refractivity contribution is 7.13. The average molecular weight is 331 g/mol. The number of benzene rings is 3. The molecule has 1 aromatic heterocycles. The fraction of sp³-hybridized carbons (Fsp3) is 0.100. The van der Waals surface area contributed by atoms with Crippen LogP contribution in [0.3, 0.4) is 0 Å². The Labute approximate surface area is 144 Å². The van der Waals surface area contributed by atoms with Crippen LogP contribution in [0.2, 0.25) is 0 Å². The minimum atomic E-state index is 0.774. The van der Waals surface area contributed by atoms with E-state index < -0.39 is 0 Å². The van der Waals surface area contributed by atoms with Crippen LogP contribution in [-0.4, -0.2) is 30.3 Å². The quantitative estimate of drug-likeness (QED) is 0.288. The number of fused-ring (bicyclic) bond motifs is 2. The first-order valence-electron chi connectivity index (χ1n) is 7.79. The Balaban J connectivity index is 1.97. The number of nitrogens with zero attached hydrogens (tertiary/aromatic N) is 3. The van der Waals surface area contributed by atoms with Crippen molar-refractivity contribution >= 4 is 44.4 Å². The van der Waals surface area contributed by atoms with Gasteiger partial charge in [0.2, 0.25) is 5.13 Å². The molecule has 0 saturated heterocycles. The van der Waals surface area contributed by atoms with E-state index in [0.29, 0.717) is 0 Å². The van der Waals surface area contributed by atoms with Crippen molar-refractivity contribution in [2.75, 3.05) is 14.1 Å². The number of thiazole rings is 1. The van der Waals surface area contributed by atoms with E-state index in [1.807, 2.05) is 19.0 Å². The van der Waals surface area contributed by atoms with Crippen molar-refractivity contribution in [2.45, 2.75) is 0 Å². The Kier molecular flexibility index (Phi) is 3.75. The lowest BCUT2D eigenvalue weighted by Gasteiger charge is -2.09. The van der Waals surface area contributed by atoms with E-state index >= 15 is 0 Å². The number of rotatable bonds is 3. The molecule has 0 atom stereocenters. The normalized spacial score (nSPS) is 11.6. The first-order valence-corrected chi connectivity index (χ1v) is 8.67. The van der Waals surface area contributed by atoms with Crippen LogP contribution < -0.4 is 0 Å². The summed E-state index contributed by atoms with van der Waals surface area (Å²) < 4.78 is 0. The molecule has 0 spiro atoms. The number of aliphatic imine (C=N–C) groups is 1. The van der Waals surface area contributed by atoms with Crippen LogP contribution in [0.1, 0.15) is 0 Å². The standard InChI is InChI=1S/C20H17N3S/c1-23(2)13-21-20-22-18(12-24-20)19-16-9-5-3-7-14(16)11-15-8-4-6-10-17(15)19/h3-13H,1-2H3/b21-13+. The Bertz CT molecular complexity index is 993. The van der Waals surface area contributed by atoms with Crippen LogP contribution in [0.15, 0.2) is 65.0 Å². The number of aromatic nitrogens is 1. The van der Waals surface area contributed by atoms with E-state index in [4.69, 9.17) is 4.98 Å². The minimum Gasteiger partial charge on any atom is -0.369 e. The molecule has 0 aliphatic rings. The van der Waals surface area contributed by atoms with Crippen molar-refractivity contribution in [3.8, 4) is 11.3 Å². The summed E-state index contributed by atoms with van der Waals surface area (Å²) in [5.74, 6) is 0. The topological polar surface area (TPSA) is 28.5 Å². The molecule has 4 rings (SSSR count). The van der Waals surface area contributed by atoms with Gasteiger partial charge in [0.05, 0.1) is 12.0 Å². The second-order valence-corrected chi connectivity index (χ2v) is 6.75. The first-order chi connectivity index (χ1) is 11.7. The molecule has 3 aromatic carbocycles. The van der Waals surface area contributed by atoms with Gasteiger partial charge in [0.25, 0.3) is 0 Å². The van der Waals surface area contributed by atoms with Gasteiger partial charge in [-0.15, -0.1) is 11.3 Å². The van der Waals surface area contributed by atoms with Crippen LogP contribution >= 0.6 is 11.3 Å². The van der Waals surface area contributed by atoms with E-state index in [-0.39, 0.29) is 0 Å². The summed E-state index contributed by atoms with van der Waals surface area (Å²) in [5, 5.41) is 7.79. The van der Waals surface area contributed by atoms with Crippen molar-refractivity contribution in [3.63, 3.8) is 0 Å².